The zero-order valence-electron chi connectivity index (χ0n) is 11.5. The standard InChI is InChI=1S/C17H10N4S/c1-3-7-13-11(5-1)15-12-6-2-4-8-14(12)22-16(15)21(13)17-19-9-18-10-20-17/h1-10H. The molecule has 0 spiro atoms. The topological polar surface area (TPSA) is 43.6 Å². The van der Waals surface area contributed by atoms with Crippen LogP contribution >= 0.6 is 11.3 Å². The first-order chi connectivity index (χ1) is 10.9. The van der Waals surface area contributed by atoms with Crippen molar-refractivity contribution in [3.8, 4) is 5.95 Å². The maximum absolute atomic E-state index is 4.34. The van der Waals surface area contributed by atoms with Gasteiger partial charge >= 0.3 is 0 Å². The molecule has 3 aromatic heterocycles. The maximum atomic E-state index is 4.34. The third-order valence-corrected chi connectivity index (χ3v) is 5.03. The lowest BCUT2D eigenvalue weighted by atomic mass is 10.1. The Labute approximate surface area is 129 Å². The smallest absolute Gasteiger partial charge is 0.238 e. The van der Waals surface area contributed by atoms with E-state index in [-0.39, 0.29) is 0 Å². The van der Waals surface area contributed by atoms with Crippen molar-refractivity contribution >= 4 is 42.5 Å². The fraction of sp³-hybridized carbons (Fsp3) is 0. The predicted molar refractivity (Wildman–Crippen MR) is 89.5 cm³/mol. The van der Waals surface area contributed by atoms with Gasteiger partial charge in [0.2, 0.25) is 5.95 Å². The molecule has 0 aliphatic carbocycles. The summed E-state index contributed by atoms with van der Waals surface area (Å²) in [4.78, 5) is 13.8. The van der Waals surface area contributed by atoms with E-state index in [1.807, 2.05) is 6.07 Å². The molecule has 0 amide bonds. The van der Waals surface area contributed by atoms with Crippen molar-refractivity contribution in [1.29, 1.82) is 0 Å². The van der Waals surface area contributed by atoms with Gasteiger partial charge in [-0.15, -0.1) is 11.3 Å². The fourth-order valence-electron chi connectivity index (χ4n) is 2.99. The van der Waals surface area contributed by atoms with E-state index < -0.39 is 0 Å². The van der Waals surface area contributed by atoms with E-state index >= 15 is 0 Å². The minimum absolute atomic E-state index is 0.660. The summed E-state index contributed by atoms with van der Waals surface area (Å²) < 4.78 is 3.40. The second-order valence-corrected chi connectivity index (χ2v) is 6.10. The highest BCUT2D eigenvalue weighted by atomic mass is 32.1. The largest absolute Gasteiger partial charge is 0.269 e. The third-order valence-electron chi connectivity index (χ3n) is 3.87. The molecule has 4 nitrogen and oxygen atoms in total. The molecule has 0 unspecified atom stereocenters. The molecule has 5 aromatic rings. The number of thiophene rings is 1. The highest BCUT2D eigenvalue weighted by Gasteiger charge is 2.17. The number of para-hydroxylation sites is 1. The van der Waals surface area contributed by atoms with Gasteiger partial charge in [-0.05, 0) is 12.1 Å². The molecule has 0 atom stereocenters. The van der Waals surface area contributed by atoms with Gasteiger partial charge in [0.15, 0.2) is 0 Å². The van der Waals surface area contributed by atoms with Gasteiger partial charge in [0.05, 0.1) is 5.52 Å². The Balaban J connectivity index is 2.07. The van der Waals surface area contributed by atoms with Crippen molar-refractivity contribution in [3.05, 3.63) is 61.2 Å². The summed E-state index contributed by atoms with van der Waals surface area (Å²) in [6.45, 7) is 0. The van der Waals surface area contributed by atoms with Crippen LogP contribution in [-0.2, 0) is 0 Å². The molecule has 0 aliphatic rings. The fourth-order valence-corrected chi connectivity index (χ4v) is 4.22. The maximum Gasteiger partial charge on any atom is 0.238 e. The van der Waals surface area contributed by atoms with Crippen molar-refractivity contribution in [2.24, 2.45) is 0 Å². The molecule has 0 aliphatic heterocycles. The molecule has 0 N–H and O–H groups in total. The molecule has 5 rings (SSSR count). The van der Waals surface area contributed by atoms with Gasteiger partial charge in [0, 0.05) is 20.9 Å². The van der Waals surface area contributed by atoms with Crippen LogP contribution in [0.3, 0.4) is 0 Å². The molecule has 0 saturated carbocycles. The number of fused-ring (bicyclic) bond motifs is 5. The SMILES string of the molecule is c1ccc2c(c1)sc1c2c2ccccc2n1-c1ncncn1. The second-order valence-electron chi connectivity index (χ2n) is 5.07. The summed E-state index contributed by atoms with van der Waals surface area (Å²) in [6, 6.07) is 16.9. The van der Waals surface area contributed by atoms with Gasteiger partial charge in [0.1, 0.15) is 17.5 Å². The normalized spacial score (nSPS) is 11.6. The van der Waals surface area contributed by atoms with Crippen molar-refractivity contribution in [2.45, 2.75) is 0 Å². The number of hydrogen-bond acceptors (Lipinski definition) is 4. The van der Waals surface area contributed by atoms with Crippen LogP contribution in [0.2, 0.25) is 0 Å². The molecule has 0 fully saturated rings. The predicted octanol–water partition coefficient (Wildman–Crippen LogP) is 4.18. The number of benzene rings is 2. The molecule has 5 heteroatoms. The Morgan fingerprint density at radius 3 is 2.41 bits per heavy atom. The van der Waals surface area contributed by atoms with E-state index in [0.29, 0.717) is 5.95 Å². The molecule has 22 heavy (non-hydrogen) atoms. The van der Waals surface area contributed by atoms with Crippen LogP contribution in [0.5, 0.6) is 0 Å². The molecule has 0 bridgehead atoms. The lowest BCUT2D eigenvalue weighted by molar-refractivity contribution is 0.943. The quantitative estimate of drug-likeness (QED) is 0.466. The van der Waals surface area contributed by atoms with Crippen molar-refractivity contribution in [3.63, 3.8) is 0 Å². The number of aromatic nitrogens is 4. The first-order valence-corrected chi connectivity index (χ1v) is 7.78. The average molecular weight is 302 g/mol. The summed E-state index contributed by atoms with van der Waals surface area (Å²) in [7, 11) is 0. The second kappa shape index (κ2) is 4.35. The number of rotatable bonds is 1. The van der Waals surface area contributed by atoms with Gasteiger partial charge < -0.3 is 0 Å². The van der Waals surface area contributed by atoms with E-state index in [1.54, 1.807) is 11.3 Å². The molecular weight excluding hydrogens is 292 g/mol. The van der Waals surface area contributed by atoms with Crippen molar-refractivity contribution in [1.82, 2.24) is 19.5 Å². The summed E-state index contributed by atoms with van der Waals surface area (Å²) in [5.74, 6) is 0.660. The van der Waals surface area contributed by atoms with Gasteiger partial charge in [-0.2, -0.15) is 0 Å². The molecule has 0 saturated heterocycles. The van der Waals surface area contributed by atoms with E-state index in [9.17, 15) is 0 Å². The lowest BCUT2D eigenvalue weighted by Crippen LogP contribution is -1.99. The van der Waals surface area contributed by atoms with Crippen LogP contribution in [0.25, 0.3) is 37.2 Å². The van der Waals surface area contributed by atoms with E-state index in [1.165, 1.54) is 38.3 Å². The number of nitrogens with zero attached hydrogens (tertiary/aromatic N) is 4. The zero-order chi connectivity index (χ0) is 14.5. The Morgan fingerprint density at radius 2 is 1.55 bits per heavy atom. The third kappa shape index (κ3) is 1.48. The summed E-state index contributed by atoms with van der Waals surface area (Å²) in [5.41, 5.74) is 1.13. The molecule has 104 valence electrons. The molecule has 3 heterocycles. The van der Waals surface area contributed by atoms with Crippen molar-refractivity contribution < 1.29 is 0 Å². The van der Waals surface area contributed by atoms with Crippen LogP contribution in [0.15, 0.2) is 61.2 Å². The zero-order valence-corrected chi connectivity index (χ0v) is 12.3. The van der Waals surface area contributed by atoms with E-state index in [4.69, 9.17) is 0 Å². The van der Waals surface area contributed by atoms with Crippen LogP contribution in [-0.4, -0.2) is 19.5 Å². The van der Waals surface area contributed by atoms with Crippen molar-refractivity contribution in [2.75, 3.05) is 0 Å². The van der Waals surface area contributed by atoms with Crippen LogP contribution in [0, 0.1) is 0 Å². The van der Waals surface area contributed by atoms with Crippen LogP contribution in [0.4, 0.5) is 0 Å². The highest BCUT2D eigenvalue weighted by Crippen LogP contribution is 2.41. The molecule has 2 aromatic carbocycles. The first kappa shape index (κ1) is 11.8. The van der Waals surface area contributed by atoms with E-state index in [0.717, 1.165) is 5.52 Å². The Morgan fingerprint density at radius 1 is 0.818 bits per heavy atom. The minimum atomic E-state index is 0.660. The Bertz CT molecular complexity index is 1120. The highest BCUT2D eigenvalue weighted by molar-refractivity contribution is 7.25. The van der Waals surface area contributed by atoms with Gasteiger partial charge in [-0.1, -0.05) is 36.4 Å². The number of hydrogen-bond donors (Lipinski definition) is 0. The summed E-state index contributed by atoms with van der Waals surface area (Å²) in [5, 5.41) is 3.79. The Kier molecular flexibility index (Phi) is 2.34. The average Bonchev–Trinajstić information content (AvgIpc) is 3.10. The van der Waals surface area contributed by atoms with Gasteiger partial charge in [0.25, 0.3) is 0 Å². The van der Waals surface area contributed by atoms with Gasteiger partial charge in [-0.25, -0.2) is 15.0 Å². The van der Waals surface area contributed by atoms with Crippen LogP contribution < -0.4 is 0 Å². The Hall–Kier alpha value is -2.79. The van der Waals surface area contributed by atoms with Gasteiger partial charge in [-0.3, -0.25) is 4.57 Å². The molecular formula is C17H10N4S. The van der Waals surface area contributed by atoms with E-state index in [2.05, 4.69) is 62.0 Å². The monoisotopic (exact) mass is 302 g/mol. The summed E-state index contributed by atoms with van der Waals surface area (Å²) >= 11 is 1.77. The first-order valence-electron chi connectivity index (χ1n) is 6.96. The summed E-state index contributed by atoms with van der Waals surface area (Å²) in [6.07, 6.45) is 3.08. The molecule has 0 radical (unpaired) electrons. The minimum Gasteiger partial charge on any atom is -0.269 e. The lowest BCUT2D eigenvalue weighted by Gasteiger charge is -2.02. The van der Waals surface area contributed by atoms with Crippen LogP contribution in [0.1, 0.15) is 0 Å².